The number of ether oxygens (including phenoxy) is 2. The number of benzene rings is 3. The molecule has 0 aliphatic heterocycles. The molecule has 0 saturated heterocycles. The molecule has 4 aromatic rings. The second-order valence-electron chi connectivity index (χ2n) is 6.39. The van der Waals surface area contributed by atoms with E-state index in [0.717, 1.165) is 5.56 Å². The van der Waals surface area contributed by atoms with Gasteiger partial charge in [-0.3, -0.25) is 4.79 Å². The fraction of sp³-hybridized carbons (Fsp3) is 0.0417. The second-order valence-corrected chi connectivity index (χ2v) is 6.39. The highest BCUT2D eigenvalue weighted by Crippen LogP contribution is 2.31. The molecule has 1 aromatic heterocycles. The zero-order valence-electron chi connectivity index (χ0n) is 16.3. The van der Waals surface area contributed by atoms with E-state index in [-0.39, 0.29) is 5.91 Å². The first-order chi connectivity index (χ1) is 14.7. The molecule has 1 heterocycles. The summed E-state index contributed by atoms with van der Waals surface area (Å²) in [5, 5.41) is 2.83. The quantitative estimate of drug-likeness (QED) is 0.484. The van der Waals surface area contributed by atoms with Crippen molar-refractivity contribution < 1.29 is 14.3 Å². The first kappa shape index (κ1) is 19.1. The highest BCUT2D eigenvalue weighted by Gasteiger charge is 2.09. The van der Waals surface area contributed by atoms with Crippen LogP contribution < -0.4 is 14.8 Å². The molecule has 30 heavy (non-hydrogen) atoms. The molecule has 0 saturated carbocycles. The van der Waals surface area contributed by atoms with Crippen LogP contribution in [0, 0.1) is 0 Å². The summed E-state index contributed by atoms with van der Waals surface area (Å²) in [7, 11) is 1.59. The topological polar surface area (TPSA) is 73.3 Å². The first-order valence-electron chi connectivity index (χ1n) is 9.33. The Hall–Kier alpha value is -4.19. The number of nitrogens with zero attached hydrogens (tertiary/aromatic N) is 2. The minimum atomic E-state index is -0.284. The Morgan fingerprint density at radius 2 is 1.43 bits per heavy atom. The van der Waals surface area contributed by atoms with Crippen molar-refractivity contribution in [3.63, 3.8) is 0 Å². The molecule has 6 heteroatoms. The van der Waals surface area contributed by atoms with Crippen LogP contribution in [0.1, 0.15) is 10.4 Å². The Bertz CT molecular complexity index is 1130. The maximum Gasteiger partial charge on any atom is 0.258 e. The van der Waals surface area contributed by atoms with Crippen LogP contribution in [0.5, 0.6) is 17.2 Å². The lowest BCUT2D eigenvalue weighted by atomic mass is 10.2. The molecule has 0 spiro atoms. The van der Waals surface area contributed by atoms with Crippen molar-refractivity contribution >= 4 is 11.6 Å². The summed E-state index contributed by atoms with van der Waals surface area (Å²) in [4.78, 5) is 21.1. The number of hydrogen-bond donors (Lipinski definition) is 1. The summed E-state index contributed by atoms with van der Waals surface area (Å²) in [5.74, 6) is 2.19. The van der Waals surface area contributed by atoms with Gasteiger partial charge in [-0.2, -0.15) is 0 Å². The lowest BCUT2D eigenvalue weighted by Crippen LogP contribution is -2.12. The average molecular weight is 397 g/mol. The summed E-state index contributed by atoms with van der Waals surface area (Å²) in [5.41, 5.74) is 1.92. The zero-order valence-corrected chi connectivity index (χ0v) is 16.3. The lowest BCUT2D eigenvalue weighted by Gasteiger charge is -2.11. The van der Waals surface area contributed by atoms with E-state index in [2.05, 4.69) is 15.3 Å². The molecular formula is C24H19N3O3. The first-order valence-corrected chi connectivity index (χ1v) is 9.33. The molecule has 3 aromatic carbocycles. The fourth-order valence-corrected chi connectivity index (χ4v) is 2.82. The molecule has 4 rings (SSSR count). The smallest absolute Gasteiger partial charge is 0.258 e. The van der Waals surface area contributed by atoms with Crippen LogP contribution in [-0.4, -0.2) is 23.0 Å². The van der Waals surface area contributed by atoms with Gasteiger partial charge in [-0.25, -0.2) is 9.97 Å². The summed E-state index contributed by atoms with van der Waals surface area (Å²) >= 11 is 0. The van der Waals surface area contributed by atoms with Crippen molar-refractivity contribution in [1.29, 1.82) is 0 Å². The van der Waals surface area contributed by atoms with Gasteiger partial charge in [0.25, 0.3) is 5.91 Å². The standard InChI is InChI=1S/C24H19N3O3/c1-29-21-9-5-6-10-22(21)30-20-13-11-19(12-14-20)27-24(28)18-15-25-23(26-16-18)17-7-3-2-4-8-17/h2-16H,1H3,(H,27,28). The third kappa shape index (κ3) is 4.44. The maximum atomic E-state index is 12.5. The zero-order chi connectivity index (χ0) is 20.8. The molecule has 0 bridgehead atoms. The van der Waals surface area contributed by atoms with Gasteiger partial charge < -0.3 is 14.8 Å². The molecule has 0 unspecified atom stereocenters. The third-order valence-corrected chi connectivity index (χ3v) is 4.36. The van der Waals surface area contributed by atoms with Gasteiger partial charge in [0.05, 0.1) is 12.7 Å². The van der Waals surface area contributed by atoms with E-state index in [4.69, 9.17) is 9.47 Å². The molecule has 6 nitrogen and oxygen atoms in total. The van der Waals surface area contributed by atoms with Crippen LogP contribution in [0.25, 0.3) is 11.4 Å². The van der Waals surface area contributed by atoms with E-state index in [1.807, 2.05) is 54.6 Å². The van der Waals surface area contributed by atoms with E-state index in [9.17, 15) is 4.79 Å². The highest BCUT2D eigenvalue weighted by molar-refractivity contribution is 6.03. The Balaban J connectivity index is 1.41. The van der Waals surface area contributed by atoms with Crippen LogP contribution in [0.4, 0.5) is 5.69 Å². The van der Waals surface area contributed by atoms with Crippen molar-refractivity contribution in [3.8, 4) is 28.6 Å². The average Bonchev–Trinajstić information content (AvgIpc) is 2.81. The van der Waals surface area contributed by atoms with Crippen molar-refractivity contribution in [3.05, 3.63) is 96.8 Å². The van der Waals surface area contributed by atoms with E-state index in [1.165, 1.54) is 12.4 Å². The predicted octanol–water partition coefficient (Wildman–Crippen LogP) is 5.20. The van der Waals surface area contributed by atoms with Crippen molar-refractivity contribution in [1.82, 2.24) is 9.97 Å². The van der Waals surface area contributed by atoms with Gasteiger partial charge in [-0.15, -0.1) is 0 Å². The number of carbonyl (C=O) groups excluding carboxylic acids is 1. The van der Waals surface area contributed by atoms with Crippen LogP contribution in [0.2, 0.25) is 0 Å². The molecule has 148 valence electrons. The van der Waals surface area contributed by atoms with E-state index in [1.54, 1.807) is 31.4 Å². The van der Waals surface area contributed by atoms with Crippen LogP contribution >= 0.6 is 0 Å². The molecule has 0 radical (unpaired) electrons. The molecule has 0 atom stereocenters. The number of amides is 1. The van der Waals surface area contributed by atoms with Crippen LogP contribution in [0.3, 0.4) is 0 Å². The number of rotatable bonds is 6. The summed E-state index contributed by atoms with van der Waals surface area (Å²) in [6.45, 7) is 0. The number of aromatic nitrogens is 2. The fourth-order valence-electron chi connectivity index (χ4n) is 2.82. The predicted molar refractivity (Wildman–Crippen MR) is 115 cm³/mol. The summed E-state index contributed by atoms with van der Waals surface area (Å²) < 4.78 is 11.1. The van der Waals surface area contributed by atoms with Crippen molar-refractivity contribution in [2.45, 2.75) is 0 Å². The number of anilines is 1. The lowest BCUT2D eigenvalue weighted by molar-refractivity contribution is 0.102. The number of hydrogen-bond acceptors (Lipinski definition) is 5. The maximum absolute atomic E-state index is 12.5. The second kappa shape index (κ2) is 8.87. The minimum Gasteiger partial charge on any atom is -0.493 e. The summed E-state index contributed by atoms with van der Waals surface area (Å²) in [6, 6.07) is 24.1. The molecule has 1 N–H and O–H groups in total. The van der Waals surface area contributed by atoms with Gasteiger partial charge in [0, 0.05) is 23.6 Å². The van der Waals surface area contributed by atoms with Gasteiger partial charge in [0.1, 0.15) is 5.75 Å². The molecule has 0 aliphatic rings. The highest BCUT2D eigenvalue weighted by atomic mass is 16.5. The van der Waals surface area contributed by atoms with Gasteiger partial charge >= 0.3 is 0 Å². The third-order valence-electron chi connectivity index (χ3n) is 4.36. The van der Waals surface area contributed by atoms with Gasteiger partial charge in [-0.05, 0) is 36.4 Å². The van der Waals surface area contributed by atoms with Crippen LogP contribution in [-0.2, 0) is 0 Å². The molecular weight excluding hydrogens is 378 g/mol. The Morgan fingerprint density at radius 3 is 2.10 bits per heavy atom. The Kier molecular flexibility index (Phi) is 5.66. The monoisotopic (exact) mass is 397 g/mol. The van der Waals surface area contributed by atoms with Crippen molar-refractivity contribution in [2.24, 2.45) is 0 Å². The van der Waals surface area contributed by atoms with Crippen LogP contribution in [0.15, 0.2) is 91.3 Å². The van der Waals surface area contributed by atoms with Gasteiger partial charge in [0.2, 0.25) is 0 Å². The number of nitrogens with one attached hydrogen (secondary N) is 1. The minimum absolute atomic E-state index is 0.284. The Morgan fingerprint density at radius 1 is 0.800 bits per heavy atom. The molecule has 0 aliphatic carbocycles. The SMILES string of the molecule is COc1ccccc1Oc1ccc(NC(=O)c2cnc(-c3ccccc3)nc2)cc1. The Labute approximate surface area is 174 Å². The molecule has 0 fully saturated rings. The summed E-state index contributed by atoms with van der Waals surface area (Å²) in [6.07, 6.45) is 3.04. The number of methoxy groups -OCH3 is 1. The van der Waals surface area contributed by atoms with E-state index >= 15 is 0 Å². The van der Waals surface area contributed by atoms with Gasteiger partial charge in [-0.1, -0.05) is 42.5 Å². The van der Waals surface area contributed by atoms with Gasteiger partial charge in [0.15, 0.2) is 17.3 Å². The number of carbonyl (C=O) groups is 1. The number of para-hydroxylation sites is 2. The van der Waals surface area contributed by atoms with E-state index < -0.39 is 0 Å². The van der Waals surface area contributed by atoms with E-state index in [0.29, 0.717) is 34.3 Å². The largest absolute Gasteiger partial charge is 0.493 e. The van der Waals surface area contributed by atoms with Crippen molar-refractivity contribution in [2.75, 3.05) is 12.4 Å². The normalized spacial score (nSPS) is 10.3. The molecule has 1 amide bonds.